The Morgan fingerprint density at radius 2 is 2.21 bits per heavy atom. The number of aryl methyl sites for hydroxylation is 2. The lowest BCUT2D eigenvalue weighted by molar-refractivity contribution is 0.386. The molecule has 0 aliphatic carbocycles. The lowest BCUT2D eigenvalue weighted by Gasteiger charge is -2.08. The molecular weight excluding hydrogens is 247 g/mol. The van der Waals surface area contributed by atoms with Gasteiger partial charge in [-0.2, -0.15) is 10.4 Å². The second-order valence-corrected chi connectivity index (χ2v) is 4.02. The van der Waals surface area contributed by atoms with E-state index in [0.29, 0.717) is 22.8 Å². The Labute approximate surface area is 110 Å². The second kappa shape index (κ2) is 4.98. The molecule has 0 amide bonds. The van der Waals surface area contributed by atoms with Crippen LogP contribution in [0.4, 0.5) is 15.9 Å². The van der Waals surface area contributed by atoms with Gasteiger partial charge < -0.3 is 10.1 Å². The van der Waals surface area contributed by atoms with Gasteiger partial charge in [0.05, 0.1) is 12.8 Å². The predicted molar refractivity (Wildman–Crippen MR) is 68.9 cm³/mol. The fourth-order valence-electron chi connectivity index (χ4n) is 1.82. The van der Waals surface area contributed by atoms with Crippen molar-refractivity contribution < 1.29 is 9.13 Å². The van der Waals surface area contributed by atoms with Crippen LogP contribution >= 0.6 is 0 Å². The summed E-state index contributed by atoms with van der Waals surface area (Å²) >= 11 is 0. The molecular formula is C13H13FN4O. The molecule has 0 saturated heterocycles. The summed E-state index contributed by atoms with van der Waals surface area (Å²) in [4.78, 5) is 0. The zero-order chi connectivity index (χ0) is 14.0. The van der Waals surface area contributed by atoms with Gasteiger partial charge in [0.15, 0.2) is 11.6 Å². The number of anilines is 2. The summed E-state index contributed by atoms with van der Waals surface area (Å²) in [6, 6.07) is 6.58. The highest BCUT2D eigenvalue weighted by Gasteiger charge is 2.13. The number of methoxy groups -OCH3 is 1. The zero-order valence-corrected chi connectivity index (χ0v) is 10.9. The second-order valence-electron chi connectivity index (χ2n) is 4.02. The molecule has 6 heteroatoms. The Balaban J connectivity index is 2.37. The Morgan fingerprint density at radius 1 is 1.47 bits per heavy atom. The number of nitrogens with one attached hydrogen (secondary N) is 1. The maximum absolute atomic E-state index is 13.6. The minimum atomic E-state index is -0.468. The van der Waals surface area contributed by atoms with Crippen molar-refractivity contribution in [2.45, 2.75) is 6.92 Å². The van der Waals surface area contributed by atoms with Crippen molar-refractivity contribution in [3.63, 3.8) is 0 Å². The van der Waals surface area contributed by atoms with Crippen molar-refractivity contribution in [1.82, 2.24) is 9.78 Å². The number of aromatic nitrogens is 2. The zero-order valence-electron chi connectivity index (χ0n) is 10.9. The van der Waals surface area contributed by atoms with E-state index in [-0.39, 0.29) is 5.75 Å². The number of nitrogens with zero attached hydrogens (tertiary/aromatic N) is 3. The van der Waals surface area contributed by atoms with E-state index in [4.69, 9.17) is 10.00 Å². The summed E-state index contributed by atoms with van der Waals surface area (Å²) in [5.74, 6) is 0.238. The third-order valence-electron chi connectivity index (χ3n) is 2.75. The molecule has 98 valence electrons. The fraction of sp³-hybridized carbons (Fsp3) is 0.231. The monoisotopic (exact) mass is 260 g/mol. The van der Waals surface area contributed by atoms with Gasteiger partial charge in [0.25, 0.3) is 0 Å². The molecule has 0 bridgehead atoms. The highest BCUT2D eigenvalue weighted by Crippen LogP contribution is 2.26. The van der Waals surface area contributed by atoms with E-state index >= 15 is 0 Å². The summed E-state index contributed by atoms with van der Waals surface area (Å²) in [7, 11) is 3.12. The van der Waals surface area contributed by atoms with Crippen molar-refractivity contribution >= 4 is 11.5 Å². The van der Waals surface area contributed by atoms with Gasteiger partial charge in [0.2, 0.25) is 0 Å². The average molecular weight is 260 g/mol. The fourth-order valence-corrected chi connectivity index (χ4v) is 1.82. The summed E-state index contributed by atoms with van der Waals surface area (Å²) in [5.41, 5.74) is 1.60. The summed E-state index contributed by atoms with van der Waals surface area (Å²) in [5, 5.41) is 16.2. The smallest absolute Gasteiger partial charge is 0.167 e. The van der Waals surface area contributed by atoms with Crippen LogP contribution in [0, 0.1) is 24.1 Å². The quantitative estimate of drug-likeness (QED) is 0.921. The molecule has 0 aliphatic rings. The molecule has 2 rings (SSSR count). The Hall–Kier alpha value is -2.55. The molecule has 0 unspecified atom stereocenters. The summed E-state index contributed by atoms with van der Waals surface area (Å²) < 4.78 is 20.0. The van der Waals surface area contributed by atoms with Crippen LogP contribution in [0.5, 0.6) is 5.75 Å². The van der Waals surface area contributed by atoms with Crippen molar-refractivity contribution in [3.05, 3.63) is 35.3 Å². The van der Waals surface area contributed by atoms with Crippen molar-refractivity contribution in [2.24, 2.45) is 7.05 Å². The molecule has 1 N–H and O–H groups in total. The van der Waals surface area contributed by atoms with Gasteiger partial charge in [-0.3, -0.25) is 4.68 Å². The first-order valence-electron chi connectivity index (χ1n) is 5.61. The number of hydrogen-bond donors (Lipinski definition) is 1. The van der Waals surface area contributed by atoms with Gasteiger partial charge in [-0.25, -0.2) is 4.39 Å². The normalized spacial score (nSPS) is 10.1. The Kier molecular flexibility index (Phi) is 3.38. The molecule has 0 radical (unpaired) electrons. The average Bonchev–Trinajstić information content (AvgIpc) is 2.64. The first-order chi connectivity index (χ1) is 9.06. The van der Waals surface area contributed by atoms with E-state index in [1.807, 2.05) is 0 Å². The molecule has 0 aliphatic heterocycles. The number of halogens is 1. The van der Waals surface area contributed by atoms with Gasteiger partial charge in [-0.05, 0) is 19.1 Å². The van der Waals surface area contributed by atoms with Crippen molar-refractivity contribution in [1.29, 1.82) is 5.26 Å². The van der Waals surface area contributed by atoms with Gasteiger partial charge in [0.1, 0.15) is 17.5 Å². The maximum Gasteiger partial charge on any atom is 0.167 e. The molecule has 2 aromatic rings. The van der Waals surface area contributed by atoms with E-state index in [1.165, 1.54) is 19.2 Å². The van der Waals surface area contributed by atoms with Crippen molar-refractivity contribution in [3.8, 4) is 11.8 Å². The van der Waals surface area contributed by atoms with Crippen LogP contribution in [0.3, 0.4) is 0 Å². The third-order valence-corrected chi connectivity index (χ3v) is 2.75. The molecule has 1 aromatic heterocycles. The molecule has 0 saturated carbocycles. The van der Waals surface area contributed by atoms with E-state index in [2.05, 4.69) is 16.5 Å². The van der Waals surface area contributed by atoms with Crippen LogP contribution in [-0.2, 0) is 7.05 Å². The Morgan fingerprint density at radius 3 is 2.79 bits per heavy atom. The SMILES string of the molecule is COc1ccc(Nc2c(C#N)c(C)nn2C)cc1F. The van der Waals surface area contributed by atoms with E-state index in [1.54, 1.807) is 24.7 Å². The standard InChI is InChI=1S/C13H13FN4O/c1-8-10(7-15)13(18(2)17-8)16-9-4-5-12(19-3)11(14)6-9/h4-6,16H,1-3H3. The minimum absolute atomic E-state index is 0.173. The largest absolute Gasteiger partial charge is 0.494 e. The summed E-state index contributed by atoms with van der Waals surface area (Å²) in [6.45, 7) is 1.75. The van der Waals surface area contributed by atoms with Crippen LogP contribution in [0.2, 0.25) is 0 Å². The highest BCUT2D eigenvalue weighted by molar-refractivity contribution is 5.65. The van der Waals surface area contributed by atoms with Crippen LogP contribution in [0.1, 0.15) is 11.3 Å². The lowest BCUT2D eigenvalue weighted by Crippen LogP contribution is -2.01. The lowest BCUT2D eigenvalue weighted by atomic mass is 10.2. The molecule has 0 atom stereocenters. The van der Waals surface area contributed by atoms with E-state index in [0.717, 1.165) is 0 Å². The van der Waals surface area contributed by atoms with Crippen molar-refractivity contribution in [2.75, 3.05) is 12.4 Å². The molecule has 1 aromatic carbocycles. The van der Waals surface area contributed by atoms with Gasteiger partial charge >= 0.3 is 0 Å². The molecule has 5 nitrogen and oxygen atoms in total. The van der Waals surface area contributed by atoms with Gasteiger partial charge in [-0.1, -0.05) is 0 Å². The van der Waals surface area contributed by atoms with E-state index < -0.39 is 5.82 Å². The number of hydrogen-bond acceptors (Lipinski definition) is 4. The third kappa shape index (κ3) is 2.36. The Bertz CT molecular complexity index is 657. The number of ether oxygens (including phenoxy) is 1. The van der Waals surface area contributed by atoms with Crippen LogP contribution in [0.25, 0.3) is 0 Å². The number of benzene rings is 1. The predicted octanol–water partition coefficient (Wildman–Crippen LogP) is 2.49. The molecule has 19 heavy (non-hydrogen) atoms. The maximum atomic E-state index is 13.6. The highest BCUT2D eigenvalue weighted by atomic mass is 19.1. The van der Waals surface area contributed by atoms with Crippen LogP contribution < -0.4 is 10.1 Å². The first-order valence-corrected chi connectivity index (χ1v) is 5.61. The van der Waals surface area contributed by atoms with Gasteiger partial charge in [0, 0.05) is 18.8 Å². The molecule has 1 heterocycles. The molecule has 0 spiro atoms. The number of nitriles is 1. The van der Waals surface area contributed by atoms with Crippen LogP contribution in [-0.4, -0.2) is 16.9 Å². The minimum Gasteiger partial charge on any atom is -0.494 e. The topological polar surface area (TPSA) is 62.9 Å². The summed E-state index contributed by atoms with van der Waals surface area (Å²) in [6.07, 6.45) is 0. The molecule has 0 fully saturated rings. The van der Waals surface area contributed by atoms with E-state index in [9.17, 15) is 4.39 Å². The van der Waals surface area contributed by atoms with Crippen LogP contribution in [0.15, 0.2) is 18.2 Å². The van der Waals surface area contributed by atoms with Gasteiger partial charge in [-0.15, -0.1) is 0 Å². The number of rotatable bonds is 3. The first kappa shape index (κ1) is 12.9.